The summed E-state index contributed by atoms with van der Waals surface area (Å²) in [5.74, 6) is -2.63. The third kappa shape index (κ3) is 2.18. The van der Waals surface area contributed by atoms with Crippen LogP contribution in [0.1, 0.15) is 27.7 Å². The van der Waals surface area contributed by atoms with E-state index in [4.69, 9.17) is 29.2 Å². The molecule has 3 saturated heterocycles. The van der Waals surface area contributed by atoms with E-state index in [1.165, 1.54) is 0 Å². The highest BCUT2D eigenvalue weighted by atomic mass is 16.9. The summed E-state index contributed by atoms with van der Waals surface area (Å²) >= 11 is 0. The molecule has 3 fully saturated rings. The van der Waals surface area contributed by atoms with Gasteiger partial charge in [-0.3, -0.25) is 0 Å². The molecule has 0 radical (unpaired) electrons. The van der Waals surface area contributed by atoms with Crippen LogP contribution in [0.25, 0.3) is 10.4 Å². The zero-order valence-corrected chi connectivity index (χ0v) is 12.0. The van der Waals surface area contributed by atoms with E-state index in [-0.39, 0.29) is 18.8 Å². The second-order valence-electron chi connectivity index (χ2n) is 6.19. The normalized spacial score (nSPS) is 44.5. The molecule has 112 valence electrons. The maximum absolute atomic E-state index is 8.56. The molecule has 0 N–H and O–H groups in total. The lowest BCUT2D eigenvalue weighted by molar-refractivity contribution is -0.274. The molecule has 0 unspecified atom stereocenters. The topological polar surface area (TPSA) is 94.9 Å². The van der Waals surface area contributed by atoms with Crippen LogP contribution in [0.15, 0.2) is 5.11 Å². The molecule has 0 spiro atoms. The molecule has 0 saturated carbocycles. The van der Waals surface area contributed by atoms with Gasteiger partial charge in [0.25, 0.3) is 0 Å². The molecule has 0 amide bonds. The van der Waals surface area contributed by atoms with Gasteiger partial charge in [-0.1, -0.05) is 5.11 Å². The number of rotatable bonds is 2. The Morgan fingerprint density at radius 2 is 1.90 bits per heavy atom. The van der Waals surface area contributed by atoms with Crippen LogP contribution in [-0.4, -0.2) is 48.8 Å². The summed E-state index contributed by atoms with van der Waals surface area (Å²) in [5.41, 5.74) is 8.56. The van der Waals surface area contributed by atoms with Crippen molar-refractivity contribution >= 4 is 0 Å². The minimum atomic E-state index is -1.11. The van der Waals surface area contributed by atoms with Gasteiger partial charge in [-0.2, -0.15) is 0 Å². The monoisotopic (exact) mass is 285 g/mol. The van der Waals surface area contributed by atoms with Gasteiger partial charge in [0.2, 0.25) is 5.79 Å². The third-order valence-corrected chi connectivity index (χ3v) is 3.63. The molecular weight excluding hydrogens is 266 g/mol. The lowest BCUT2D eigenvalue weighted by Crippen LogP contribution is -2.59. The first kappa shape index (κ1) is 14.1. The first-order chi connectivity index (χ1) is 9.27. The second-order valence-corrected chi connectivity index (χ2v) is 6.19. The second kappa shape index (κ2) is 4.30. The van der Waals surface area contributed by atoms with Gasteiger partial charge in [-0.25, -0.2) is 0 Å². The van der Waals surface area contributed by atoms with Crippen molar-refractivity contribution in [3.05, 3.63) is 10.4 Å². The first-order valence-electron chi connectivity index (χ1n) is 6.65. The van der Waals surface area contributed by atoms with Gasteiger partial charge in [0, 0.05) is 4.91 Å². The lowest BCUT2D eigenvalue weighted by atomic mass is 9.97. The van der Waals surface area contributed by atoms with Gasteiger partial charge >= 0.3 is 0 Å². The Labute approximate surface area is 116 Å². The van der Waals surface area contributed by atoms with E-state index in [9.17, 15) is 0 Å². The van der Waals surface area contributed by atoms with Crippen LogP contribution in [0.5, 0.6) is 0 Å². The van der Waals surface area contributed by atoms with Gasteiger partial charge in [0.15, 0.2) is 11.6 Å². The highest BCUT2D eigenvalue weighted by Gasteiger charge is 2.64. The molecule has 0 aromatic rings. The summed E-state index contributed by atoms with van der Waals surface area (Å²) in [6.07, 6.45) is -1.02. The summed E-state index contributed by atoms with van der Waals surface area (Å²) in [6.45, 7) is 7.63. The quantitative estimate of drug-likeness (QED) is 0.437. The molecule has 0 aromatic carbocycles. The maximum Gasteiger partial charge on any atom is 0.206 e. The minimum Gasteiger partial charge on any atom is -0.344 e. The van der Waals surface area contributed by atoms with Crippen LogP contribution in [0.4, 0.5) is 0 Å². The van der Waals surface area contributed by atoms with E-state index in [0.29, 0.717) is 6.61 Å². The van der Waals surface area contributed by atoms with Crippen LogP contribution in [-0.2, 0) is 23.7 Å². The Balaban J connectivity index is 1.91. The largest absolute Gasteiger partial charge is 0.344 e. The van der Waals surface area contributed by atoms with Gasteiger partial charge in [0.05, 0.1) is 13.2 Å². The van der Waals surface area contributed by atoms with E-state index in [0.717, 1.165) is 0 Å². The maximum atomic E-state index is 8.56. The molecular formula is C12H19N3O5. The summed E-state index contributed by atoms with van der Waals surface area (Å²) in [5, 5.41) is 3.60. The van der Waals surface area contributed by atoms with Crippen LogP contribution in [0.2, 0.25) is 0 Å². The summed E-state index contributed by atoms with van der Waals surface area (Å²) in [6, 6.07) is 0. The molecule has 8 nitrogen and oxygen atoms in total. The summed E-state index contributed by atoms with van der Waals surface area (Å²) in [7, 11) is 0. The molecule has 8 heteroatoms. The number of ether oxygens (including phenoxy) is 5. The van der Waals surface area contributed by atoms with Gasteiger partial charge in [-0.05, 0) is 33.2 Å². The van der Waals surface area contributed by atoms with Crippen molar-refractivity contribution in [1.29, 1.82) is 0 Å². The van der Waals surface area contributed by atoms with E-state index < -0.39 is 23.5 Å². The summed E-state index contributed by atoms with van der Waals surface area (Å²) < 4.78 is 29.3. The Kier molecular flexibility index (Phi) is 3.02. The molecule has 4 atom stereocenters. The van der Waals surface area contributed by atoms with Crippen molar-refractivity contribution in [1.82, 2.24) is 0 Å². The SMILES string of the molecule is CC1(C)O[C@@H]2[C@@H](CO[C@@]3(CN=[N+]=[N-])OC(C)(C)O[C@@H]23)O1. The van der Waals surface area contributed by atoms with E-state index in [1.807, 2.05) is 13.8 Å². The third-order valence-electron chi connectivity index (χ3n) is 3.63. The molecule has 3 aliphatic heterocycles. The predicted molar refractivity (Wildman–Crippen MR) is 66.6 cm³/mol. The predicted octanol–water partition coefficient (Wildman–Crippen LogP) is 1.69. The Morgan fingerprint density at radius 3 is 2.60 bits per heavy atom. The molecule has 20 heavy (non-hydrogen) atoms. The molecule has 3 heterocycles. The van der Waals surface area contributed by atoms with Crippen molar-refractivity contribution in [3.8, 4) is 0 Å². The Hall–Kier alpha value is -0.890. The van der Waals surface area contributed by atoms with Crippen molar-refractivity contribution in [2.75, 3.05) is 13.2 Å². The number of nitrogens with zero attached hydrogens (tertiary/aromatic N) is 3. The van der Waals surface area contributed by atoms with E-state index in [2.05, 4.69) is 10.0 Å². The highest BCUT2D eigenvalue weighted by Crippen LogP contribution is 2.47. The fourth-order valence-electron chi connectivity index (χ4n) is 3.09. The van der Waals surface area contributed by atoms with Crippen LogP contribution in [0, 0.1) is 0 Å². The molecule has 3 rings (SSSR count). The molecule has 0 aromatic heterocycles. The first-order valence-corrected chi connectivity index (χ1v) is 6.65. The average Bonchev–Trinajstić information content (AvgIpc) is 2.78. The zero-order valence-electron chi connectivity index (χ0n) is 12.0. The number of hydrogen-bond acceptors (Lipinski definition) is 6. The standard InChI is InChI=1S/C12H19N3O5/c1-10(2)17-7-5-16-12(6-14-15-13)9(8(7)18-10)19-11(3,4)20-12/h7-9H,5-6H2,1-4H3/t7-,8-,9+,12+/m1/s1. The van der Waals surface area contributed by atoms with Crippen LogP contribution >= 0.6 is 0 Å². The fraction of sp³-hybridized carbons (Fsp3) is 1.00. The van der Waals surface area contributed by atoms with Gasteiger partial charge in [-0.15, -0.1) is 0 Å². The molecule has 0 aliphatic carbocycles. The van der Waals surface area contributed by atoms with E-state index >= 15 is 0 Å². The number of azide groups is 1. The van der Waals surface area contributed by atoms with Gasteiger partial charge in [0.1, 0.15) is 18.3 Å². The van der Waals surface area contributed by atoms with Gasteiger partial charge < -0.3 is 23.7 Å². The minimum absolute atomic E-state index is 0.0323. The smallest absolute Gasteiger partial charge is 0.206 e. The molecule has 3 aliphatic rings. The Bertz CT molecular complexity index is 462. The fourth-order valence-corrected chi connectivity index (χ4v) is 3.09. The highest BCUT2D eigenvalue weighted by molar-refractivity contribution is 5.04. The van der Waals surface area contributed by atoms with Crippen molar-refractivity contribution in [2.24, 2.45) is 5.11 Å². The molecule has 0 bridgehead atoms. The average molecular weight is 285 g/mol. The van der Waals surface area contributed by atoms with Crippen LogP contribution < -0.4 is 0 Å². The Morgan fingerprint density at radius 1 is 1.15 bits per heavy atom. The zero-order chi connectivity index (χ0) is 14.6. The van der Waals surface area contributed by atoms with Crippen LogP contribution in [0.3, 0.4) is 0 Å². The summed E-state index contributed by atoms with van der Waals surface area (Å²) in [4.78, 5) is 2.78. The number of fused-ring (bicyclic) bond motifs is 3. The van der Waals surface area contributed by atoms with Crippen molar-refractivity contribution in [2.45, 2.75) is 63.4 Å². The number of hydrogen-bond donors (Lipinski definition) is 0. The van der Waals surface area contributed by atoms with E-state index in [1.54, 1.807) is 13.8 Å². The van der Waals surface area contributed by atoms with Crippen molar-refractivity contribution < 1.29 is 23.7 Å². The van der Waals surface area contributed by atoms with Crippen molar-refractivity contribution in [3.63, 3.8) is 0 Å². The lowest BCUT2D eigenvalue weighted by Gasteiger charge is -2.39.